The Morgan fingerprint density at radius 3 is 3.00 bits per heavy atom. The summed E-state index contributed by atoms with van der Waals surface area (Å²) in [5.74, 6) is 0. The van der Waals surface area contributed by atoms with Gasteiger partial charge in [0.1, 0.15) is 0 Å². The van der Waals surface area contributed by atoms with Crippen molar-refractivity contribution in [2.24, 2.45) is 0 Å². The normalized spacial score (nSPS) is 10.4. The first-order valence-corrected chi connectivity index (χ1v) is 4.86. The van der Waals surface area contributed by atoms with Crippen LogP contribution in [-0.2, 0) is 6.54 Å². The number of rotatable bonds is 3. The van der Waals surface area contributed by atoms with Crippen LogP contribution in [0.15, 0.2) is 9.80 Å². The standard InChI is InChI=1S/C7H9N5OS/c1-4-10-5(3-14-4)2-9-7-12-11-6(8)13-7/h3H,2H2,1H3,(H2,8,11)(H,9,12). The van der Waals surface area contributed by atoms with Gasteiger partial charge in [0.2, 0.25) is 0 Å². The van der Waals surface area contributed by atoms with Crippen molar-refractivity contribution in [3.8, 4) is 0 Å². The Kier molecular flexibility index (Phi) is 2.32. The highest BCUT2D eigenvalue weighted by Crippen LogP contribution is 2.11. The van der Waals surface area contributed by atoms with Gasteiger partial charge in [-0.2, -0.15) is 0 Å². The molecule has 0 saturated carbocycles. The van der Waals surface area contributed by atoms with Crippen LogP contribution in [0.3, 0.4) is 0 Å². The first kappa shape index (κ1) is 8.95. The minimum absolute atomic E-state index is 0.0574. The van der Waals surface area contributed by atoms with Crippen molar-refractivity contribution >= 4 is 23.4 Å². The Bertz CT molecular complexity index is 383. The van der Waals surface area contributed by atoms with Gasteiger partial charge in [0, 0.05) is 5.38 Å². The Labute approximate surface area is 84.2 Å². The molecule has 0 atom stereocenters. The summed E-state index contributed by atoms with van der Waals surface area (Å²) in [6, 6.07) is 0.370. The van der Waals surface area contributed by atoms with Crippen LogP contribution in [0, 0.1) is 6.92 Å². The molecule has 2 rings (SSSR count). The van der Waals surface area contributed by atoms with E-state index < -0.39 is 0 Å². The Morgan fingerprint density at radius 2 is 2.43 bits per heavy atom. The van der Waals surface area contributed by atoms with Gasteiger partial charge >= 0.3 is 12.0 Å². The number of thiazole rings is 1. The first-order chi connectivity index (χ1) is 6.74. The SMILES string of the molecule is Cc1nc(CNc2nnc(N)o2)cs1. The molecule has 0 spiro atoms. The van der Waals surface area contributed by atoms with Crippen LogP contribution in [0.1, 0.15) is 10.7 Å². The third-order valence-electron chi connectivity index (χ3n) is 1.53. The first-order valence-electron chi connectivity index (χ1n) is 3.98. The second-order valence-corrected chi connectivity index (χ2v) is 3.72. The molecule has 14 heavy (non-hydrogen) atoms. The molecular weight excluding hydrogens is 202 g/mol. The Balaban J connectivity index is 1.94. The van der Waals surface area contributed by atoms with Crippen LogP contribution in [0.5, 0.6) is 0 Å². The van der Waals surface area contributed by atoms with Gasteiger partial charge in [0.25, 0.3) is 0 Å². The van der Waals surface area contributed by atoms with Crippen LogP contribution < -0.4 is 11.1 Å². The molecule has 0 aliphatic heterocycles. The fraction of sp³-hybridized carbons (Fsp3) is 0.286. The summed E-state index contributed by atoms with van der Waals surface area (Å²) in [6.45, 7) is 2.52. The zero-order valence-corrected chi connectivity index (χ0v) is 8.34. The lowest BCUT2D eigenvalue weighted by Gasteiger charge is -1.95. The zero-order chi connectivity index (χ0) is 9.97. The third-order valence-corrected chi connectivity index (χ3v) is 2.35. The molecule has 0 aliphatic carbocycles. The molecule has 0 aliphatic rings. The van der Waals surface area contributed by atoms with E-state index in [-0.39, 0.29) is 6.01 Å². The maximum atomic E-state index is 5.26. The van der Waals surface area contributed by atoms with Crippen molar-refractivity contribution in [3.63, 3.8) is 0 Å². The van der Waals surface area contributed by atoms with Gasteiger partial charge in [-0.3, -0.25) is 0 Å². The van der Waals surface area contributed by atoms with Crippen molar-refractivity contribution < 1.29 is 4.42 Å². The highest BCUT2D eigenvalue weighted by Gasteiger charge is 2.03. The average Bonchev–Trinajstić information content (AvgIpc) is 2.72. The number of hydrogen-bond donors (Lipinski definition) is 2. The highest BCUT2D eigenvalue weighted by molar-refractivity contribution is 7.09. The molecular formula is C7H9N5OS. The lowest BCUT2D eigenvalue weighted by Crippen LogP contribution is -1.99. The van der Waals surface area contributed by atoms with Gasteiger partial charge in [0.05, 0.1) is 17.2 Å². The van der Waals surface area contributed by atoms with E-state index in [1.807, 2.05) is 12.3 Å². The number of nitrogen functional groups attached to an aromatic ring is 1. The summed E-state index contributed by atoms with van der Waals surface area (Å²) in [4.78, 5) is 4.27. The van der Waals surface area contributed by atoms with Gasteiger partial charge in [-0.25, -0.2) is 4.98 Å². The second-order valence-electron chi connectivity index (χ2n) is 2.66. The number of anilines is 2. The second kappa shape index (κ2) is 3.62. The van der Waals surface area contributed by atoms with Crippen LogP contribution in [0.2, 0.25) is 0 Å². The van der Waals surface area contributed by atoms with E-state index in [1.165, 1.54) is 0 Å². The highest BCUT2D eigenvalue weighted by atomic mass is 32.1. The quantitative estimate of drug-likeness (QED) is 0.788. The number of hydrogen-bond acceptors (Lipinski definition) is 7. The monoisotopic (exact) mass is 211 g/mol. The predicted molar refractivity (Wildman–Crippen MR) is 52.9 cm³/mol. The van der Waals surface area contributed by atoms with E-state index in [1.54, 1.807) is 11.3 Å². The lowest BCUT2D eigenvalue weighted by molar-refractivity contribution is 0.586. The van der Waals surface area contributed by atoms with E-state index in [0.29, 0.717) is 12.6 Å². The lowest BCUT2D eigenvalue weighted by atomic mass is 10.5. The molecule has 0 amide bonds. The summed E-state index contributed by atoms with van der Waals surface area (Å²) in [5.41, 5.74) is 6.21. The molecule has 0 aromatic carbocycles. The predicted octanol–water partition coefficient (Wildman–Crippen LogP) is 1.03. The number of nitrogens with zero attached hydrogens (tertiary/aromatic N) is 3. The van der Waals surface area contributed by atoms with Crippen molar-refractivity contribution in [2.75, 3.05) is 11.1 Å². The van der Waals surface area contributed by atoms with Crippen LogP contribution in [0.4, 0.5) is 12.0 Å². The number of nitrogens with two attached hydrogens (primary N) is 1. The summed E-state index contributed by atoms with van der Waals surface area (Å²) in [7, 11) is 0. The van der Waals surface area contributed by atoms with E-state index >= 15 is 0 Å². The minimum Gasteiger partial charge on any atom is -0.390 e. The van der Waals surface area contributed by atoms with Crippen LogP contribution in [0.25, 0.3) is 0 Å². The molecule has 0 saturated heterocycles. The number of aryl methyl sites for hydroxylation is 1. The molecule has 0 fully saturated rings. The van der Waals surface area contributed by atoms with E-state index in [2.05, 4.69) is 20.5 Å². The summed E-state index contributed by atoms with van der Waals surface area (Å²) in [5, 5.41) is 13.1. The van der Waals surface area contributed by atoms with Gasteiger partial charge in [-0.15, -0.1) is 11.3 Å². The summed E-state index contributed by atoms with van der Waals surface area (Å²) >= 11 is 1.60. The summed E-state index contributed by atoms with van der Waals surface area (Å²) in [6.07, 6.45) is 0. The largest absolute Gasteiger partial charge is 0.390 e. The molecule has 0 radical (unpaired) electrons. The van der Waals surface area contributed by atoms with Crippen molar-refractivity contribution in [2.45, 2.75) is 13.5 Å². The van der Waals surface area contributed by atoms with E-state index in [0.717, 1.165) is 10.7 Å². The van der Waals surface area contributed by atoms with Crippen LogP contribution >= 0.6 is 11.3 Å². The molecule has 7 heteroatoms. The Hall–Kier alpha value is -1.63. The minimum atomic E-state index is 0.0574. The van der Waals surface area contributed by atoms with Crippen molar-refractivity contribution in [1.82, 2.24) is 15.2 Å². The molecule has 2 aromatic rings. The van der Waals surface area contributed by atoms with E-state index in [4.69, 9.17) is 10.2 Å². The van der Waals surface area contributed by atoms with Gasteiger partial charge in [-0.1, -0.05) is 10.2 Å². The average molecular weight is 211 g/mol. The van der Waals surface area contributed by atoms with Crippen LogP contribution in [-0.4, -0.2) is 15.2 Å². The maximum Gasteiger partial charge on any atom is 0.317 e. The van der Waals surface area contributed by atoms with Gasteiger partial charge in [0.15, 0.2) is 0 Å². The van der Waals surface area contributed by atoms with Gasteiger partial charge in [-0.05, 0) is 6.92 Å². The smallest absolute Gasteiger partial charge is 0.317 e. The maximum absolute atomic E-state index is 5.26. The zero-order valence-electron chi connectivity index (χ0n) is 7.52. The molecule has 0 bridgehead atoms. The molecule has 2 heterocycles. The molecule has 0 unspecified atom stereocenters. The molecule has 2 aromatic heterocycles. The fourth-order valence-corrected chi connectivity index (χ4v) is 1.57. The molecule has 6 nitrogen and oxygen atoms in total. The third kappa shape index (κ3) is 1.99. The topological polar surface area (TPSA) is 89.9 Å². The molecule has 74 valence electrons. The number of aromatic nitrogens is 3. The molecule has 3 N–H and O–H groups in total. The number of nitrogens with one attached hydrogen (secondary N) is 1. The van der Waals surface area contributed by atoms with E-state index in [9.17, 15) is 0 Å². The Morgan fingerprint density at radius 1 is 1.57 bits per heavy atom. The van der Waals surface area contributed by atoms with Crippen molar-refractivity contribution in [3.05, 3.63) is 16.1 Å². The van der Waals surface area contributed by atoms with Gasteiger partial charge < -0.3 is 15.5 Å². The summed E-state index contributed by atoms with van der Waals surface area (Å²) < 4.78 is 4.93. The fourth-order valence-electron chi connectivity index (χ4n) is 0.962. The van der Waals surface area contributed by atoms with Crippen molar-refractivity contribution in [1.29, 1.82) is 0 Å².